The van der Waals surface area contributed by atoms with Crippen LogP contribution < -0.4 is 5.73 Å². The summed E-state index contributed by atoms with van der Waals surface area (Å²) in [5.74, 6) is -8.06. The Bertz CT molecular complexity index is 1280. The van der Waals surface area contributed by atoms with Gasteiger partial charge >= 0.3 is 5.97 Å². The van der Waals surface area contributed by atoms with Gasteiger partial charge in [0.25, 0.3) is 5.91 Å². The smallest absolute Gasteiger partial charge is 0.338 e. The number of phenolic OH excluding ortho intramolecular Hbond substituents is 1. The first-order valence-corrected chi connectivity index (χ1v) is 12.0. The van der Waals surface area contributed by atoms with Crippen LogP contribution in [0.5, 0.6) is 5.75 Å². The number of phenols is 1. The molecule has 198 valence electrons. The molecule has 0 aromatic heterocycles. The van der Waals surface area contributed by atoms with Crippen molar-refractivity contribution in [3.05, 3.63) is 51.5 Å². The number of esters is 1. The number of unbranched alkanes of at least 4 members (excludes halogenated alkanes) is 1. The number of allylic oxidation sites excluding steroid dienone is 1. The van der Waals surface area contributed by atoms with Gasteiger partial charge in [-0.05, 0) is 57.0 Å². The zero-order valence-corrected chi connectivity index (χ0v) is 20.8. The summed E-state index contributed by atoms with van der Waals surface area (Å²) in [6, 6.07) is 1.45. The first-order chi connectivity index (χ1) is 17.4. The number of ketones is 2. The van der Waals surface area contributed by atoms with Crippen LogP contribution in [-0.4, -0.2) is 81.1 Å². The minimum atomic E-state index is -2.71. The predicted octanol–water partition coefficient (Wildman–Crippen LogP) is 1.08. The van der Waals surface area contributed by atoms with E-state index in [2.05, 4.69) is 0 Å². The van der Waals surface area contributed by atoms with Crippen LogP contribution in [0.3, 0.4) is 0 Å². The second-order valence-corrected chi connectivity index (χ2v) is 9.94. The average Bonchev–Trinajstić information content (AvgIpc) is 2.81. The Kier molecular flexibility index (Phi) is 6.63. The minimum absolute atomic E-state index is 0.0150. The lowest BCUT2D eigenvalue weighted by atomic mass is 9.58. The Labute approximate surface area is 212 Å². The van der Waals surface area contributed by atoms with Gasteiger partial charge in [-0.1, -0.05) is 13.3 Å². The summed E-state index contributed by atoms with van der Waals surface area (Å²) in [5, 5.41) is 44.2. The molecule has 11 nitrogen and oxygen atoms in total. The highest BCUT2D eigenvalue weighted by Crippen LogP contribution is 2.52. The largest absolute Gasteiger partial charge is 0.510 e. The van der Waals surface area contributed by atoms with Crippen molar-refractivity contribution < 1.29 is 44.3 Å². The lowest BCUT2D eigenvalue weighted by molar-refractivity contribution is -0.148. The van der Waals surface area contributed by atoms with E-state index in [0.29, 0.717) is 6.42 Å². The number of hydrogen-bond acceptors (Lipinski definition) is 10. The van der Waals surface area contributed by atoms with Gasteiger partial charge < -0.3 is 30.9 Å². The third-order valence-corrected chi connectivity index (χ3v) is 7.56. The van der Waals surface area contributed by atoms with Gasteiger partial charge in [0.2, 0.25) is 5.78 Å². The van der Waals surface area contributed by atoms with Gasteiger partial charge in [0.15, 0.2) is 11.4 Å². The maximum atomic E-state index is 13.6. The van der Waals surface area contributed by atoms with Gasteiger partial charge in [0, 0.05) is 11.5 Å². The lowest BCUT2D eigenvalue weighted by Crippen LogP contribution is -2.63. The molecule has 0 heterocycles. The van der Waals surface area contributed by atoms with Gasteiger partial charge in [-0.3, -0.25) is 19.3 Å². The van der Waals surface area contributed by atoms with Crippen molar-refractivity contribution in [2.45, 2.75) is 44.2 Å². The van der Waals surface area contributed by atoms with Crippen molar-refractivity contribution in [2.75, 3.05) is 20.7 Å². The Hall–Kier alpha value is -3.70. The molecule has 2 unspecified atom stereocenters. The molecular weight excluding hydrogens is 484 g/mol. The summed E-state index contributed by atoms with van der Waals surface area (Å²) < 4.78 is 5.31. The summed E-state index contributed by atoms with van der Waals surface area (Å²) in [7, 11) is 3.10. The predicted molar refractivity (Wildman–Crippen MR) is 129 cm³/mol. The van der Waals surface area contributed by atoms with Crippen LogP contribution in [0.4, 0.5) is 0 Å². The summed E-state index contributed by atoms with van der Waals surface area (Å²) in [4.78, 5) is 53.2. The summed E-state index contributed by atoms with van der Waals surface area (Å²) >= 11 is 0. The number of nitrogens with zero attached hydrogens (tertiary/aromatic N) is 1. The van der Waals surface area contributed by atoms with Gasteiger partial charge in [0.1, 0.15) is 22.8 Å². The van der Waals surface area contributed by atoms with Crippen molar-refractivity contribution >= 4 is 23.4 Å². The van der Waals surface area contributed by atoms with Crippen molar-refractivity contribution in [3.8, 4) is 5.75 Å². The highest BCUT2D eigenvalue weighted by molar-refractivity contribution is 6.25. The molecule has 1 aromatic carbocycles. The van der Waals surface area contributed by atoms with Gasteiger partial charge in [-0.25, -0.2) is 4.79 Å². The lowest BCUT2D eigenvalue weighted by Gasteiger charge is -2.50. The number of carbonyl (C=O) groups is 4. The SMILES string of the molecule is CCCCOC(=O)c1ccc(O)c2c1C[C@H]1C[C@H]3C(N(C)C)C(O)=C(C(N)=O)C(=O)C3(O)C(O)=C1C2=O. The molecule has 3 aliphatic carbocycles. The number of fused-ring (bicyclic) bond motifs is 3. The highest BCUT2D eigenvalue weighted by Gasteiger charge is 2.63. The fourth-order valence-corrected chi connectivity index (χ4v) is 5.83. The number of aliphatic hydroxyl groups excluding tert-OH is 2. The Morgan fingerprint density at radius 1 is 1.19 bits per heavy atom. The van der Waals surface area contributed by atoms with Crippen molar-refractivity contribution in [3.63, 3.8) is 0 Å². The Morgan fingerprint density at radius 2 is 1.86 bits per heavy atom. The number of nitrogens with two attached hydrogens (primary N) is 1. The quantitative estimate of drug-likeness (QED) is 0.209. The fourth-order valence-electron chi connectivity index (χ4n) is 5.83. The molecule has 0 bridgehead atoms. The molecule has 1 aromatic rings. The molecule has 1 amide bonds. The molecule has 0 aliphatic heterocycles. The van der Waals surface area contributed by atoms with Crippen LogP contribution in [0.15, 0.2) is 34.8 Å². The van der Waals surface area contributed by atoms with E-state index < -0.39 is 69.8 Å². The first kappa shape index (κ1) is 26.4. The number of carbonyl (C=O) groups excluding carboxylic acids is 4. The Balaban J connectivity index is 1.88. The first-order valence-electron chi connectivity index (χ1n) is 12.0. The summed E-state index contributed by atoms with van der Waals surface area (Å²) in [6.07, 6.45) is 1.41. The number of amides is 1. The third kappa shape index (κ3) is 3.80. The van der Waals surface area contributed by atoms with E-state index in [1.54, 1.807) is 14.1 Å². The zero-order valence-electron chi connectivity index (χ0n) is 20.8. The molecule has 11 heteroatoms. The molecule has 4 rings (SSSR count). The number of benzene rings is 1. The topological polar surface area (TPSA) is 188 Å². The molecule has 37 heavy (non-hydrogen) atoms. The number of primary amides is 1. The maximum Gasteiger partial charge on any atom is 0.338 e. The second kappa shape index (κ2) is 9.31. The van der Waals surface area contributed by atoms with E-state index in [1.165, 1.54) is 17.0 Å². The molecule has 0 saturated carbocycles. The van der Waals surface area contributed by atoms with E-state index >= 15 is 0 Å². The highest BCUT2D eigenvalue weighted by atomic mass is 16.5. The summed E-state index contributed by atoms with van der Waals surface area (Å²) in [6.45, 7) is 2.12. The van der Waals surface area contributed by atoms with E-state index in [-0.39, 0.29) is 41.7 Å². The monoisotopic (exact) mass is 514 g/mol. The normalized spacial score (nSPS) is 27.1. The molecule has 6 N–H and O–H groups in total. The van der Waals surface area contributed by atoms with E-state index in [4.69, 9.17) is 10.5 Å². The second-order valence-electron chi connectivity index (χ2n) is 9.94. The van der Waals surface area contributed by atoms with Crippen LogP contribution in [0.25, 0.3) is 0 Å². The van der Waals surface area contributed by atoms with Crippen LogP contribution in [0, 0.1) is 11.8 Å². The van der Waals surface area contributed by atoms with E-state index in [0.717, 1.165) is 6.42 Å². The van der Waals surface area contributed by atoms with Crippen LogP contribution in [-0.2, 0) is 20.7 Å². The van der Waals surface area contributed by atoms with Gasteiger partial charge in [-0.15, -0.1) is 0 Å². The van der Waals surface area contributed by atoms with Crippen LogP contribution in [0.2, 0.25) is 0 Å². The van der Waals surface area contributed by atoms with Crippen molar-refractivity contribution in [1.29, 1.82) is 0 Å². The molecule has 0 radical (unpaired) electrons. The van der Waals surface area contributed by atoms with Crippen LogP contribution in [0.1, 0.15) is 52.5 Å². The number of hydrogen-bond donors (Lipinski definition) is 5. The number of aromatic hydroxyl groups is 1. The number of Topliss-reactive ketones (excluding diaryl/α,β-unsaturated/α-hetero) is 2. The van der Waals surface area contributed by atoms with Gasteiger partial charge in [-0.2, -0.15) is 0 Å². The number of likely N-dealkylation sites (N-methyl/N-ethyl adjacent to an activating group) is 1. The number of rotatable bonds is 6. The summed E-state index contributed by atoms with van der Waals surface area (Å²) in [5.41, 5.74) is 1.56. The average molecular weight is 515 g/mol. The zero-order chi connectivity index (χ0) is 27.4. The molecule has 3 aliphatic rings. The molecule has 4 atom stereocenters. The van der Waals surface area contributed by atoms with Crippen LogP contribution >= 0.6 is 0 Å². The number of aliphatic hydroxyl groups is 3. The standard InChI is InChI=1S/C26H30N2O9/c1-4-5-8-37-25(35)12-6-7-15(29)17-13(12)9-11-10-14-19(28(2)3)21(31)18(24(27)34)23(33)26(14,36)22(32)16(11)20(17)30/h6-7,11,14,19,29,31-32,36H,4-5,8-10H2,1-3H3,(H2,27,34)/t11-,14-,19?,26?/m0/s1. The van der Waals surface area contributed by atoms with Gasteiger partial charge in [0.05, 0.1) is 23.8 Å². The molecular formula is C26H30N2O9. The third-order valence-electron chi connectivity index (χ3n) is 7.56. The molecule has 0 saturated heterocycles. The Morgan fingerprint density at radius 3 is 2.46 bits per heavy atom. The van der Waals surface area contributed by atoms with Crippen molar-refractivity contribution in [2.24, 2.45) is 17.6 Å². The fraction of sp³-hybridized carbons (Fsp3) is 0.462. The minimum Gasteiger partial charge on any atom is -0.510 e. The molecule has 0 fully saturated rings. The van der Waals surface area contributed by atoms with E-state index in [1.807, 2.05) is 6.92 Å². The van der Waals surface area contributed by atoms with Crippen molar-refractivity contribution in [1.82, 2.24) is 4.90 Å². The van der Waals surface area contributed by atoms with E-state index in [9.17, 15) is 39.6 Å². The maximum absolute atomic E-state index is 13.6. The number of ether oxygens (including phenoxy) is 1. The molecule has 0 spiro atoms.